The van der Waals surface area contributed by atoms with Gasteiger partial charge in [-0.3, -0.25) is 29.4 Å². The molecule has 5 rings (SSSR count). The Morgan fingerprint density at radius 1 is 1.09 bits per heavy atom. The summed E-state index contributed by atoms with van der Waals surface area (Å²) in [4.78, 5) is 54.3. The lowest BCUT2D eigenvalue weighted by Crippen LogP contribution is -2.46. The Labute approximate surface area is 183 Å². The molecular weight excluding hydrogens is 414 g/mol. The zero-order valence-corrected chi connectivity index (χ0v) is 17.3. The third-order valence-corrected chi connectivity index (χ3v) is 6.79. The van der Waals surface area contributed by atoms with E-state index >= 15 is 0 Å². The molecule has 9 nitrogen and oxygen atoms in total. The summed E-state index contributed by atoms with van der Waals surface area (Å²) in [7, 11) is 1.37. The molecule has 2 aromatic rings. The number of nitrogens with zero attached hydrogens (tertiary/aromatic N) is 3. The van der Waals surface area contributed by atoms with Crippen LogP contribution in [-0.4, -0.2) is 53.2 Å². The van der Waals surface area contributed by atoms with E-state index in [1.165, 1.54) is 25.3 Å². The highest BCUT2D eigenvalue weighted by Crippen LogP contribution is 2.49. The summed E-state index contributed by atoms with van der Waals surface area (Å²) in [5, 5.41) is 11.3. The lowest BCUT2D eigenvalue weighted by Gasteiger charge is -2.28. The molecule has 3 aliphatic rings. The van der Waals surface area contributed by atoms with E-state index in [2.05, 4.69) is 0 Å². The molecule has 0 radical (unpaired) electrons. The van der Waals surface area contributed by atoms with Gasteiger partial charge < -0.3 is 4.74 Å². The number of imide groups is 1. The topological polar surface area (TPSA) is 110 Å². The highest BCUT2D eigenvalue weighted by Gasteiger charge is 2.65. The Bertz CT molecular complexity index is 1130. The van der Waals surface area contributed by atoms with E-state index in [-0.39, 0.29) is 28.9 Å². The minimum atomic E-state index is -0.829. The molecule has 3 fully saturated rings. The van der Waals surface area contributed by atoms with Crippen molar-refractivity contribution < 1.29 is 24.0 Å². The Morgan fingerprint density at radius 3 is 2.50 bits per heavy atom. The van der Waals surface area contributed by atoms with Crippen LogP contribution in [0.15, 0.2) is 48.5 Å². The van der Waals surface area contributed by atoms with Gasteiger partial charge in [0.15, 0.2) is 5.78 Å². The summed E-state index contributed by atoms with van der Waals surface area (Å²) in [5.74, 6) is -2.43. The molecule has 32 heavy (non-hydrogen) atoms. The van der Waals surface area contributed by atoms with Gasteiger partial charge in [-0.25, -0.2) is 4.90 Å². The maximum Gasteiger partial charge on any atom is 0.271 e. The quantitative estimate of drug-likeness (QED) is 0.307. The molecule has 3 aliphatic heterocycles. The summed E-state index contributed by atoms with van der Waals surface area (Å²) >= 11 is 0. The number of methoxy groups -OCH3 is 1. The van der Waals surface area contributed by atoms with E-state index in [4.69, 9.17) is 4.74 Å². The second-order valence-electron chi connectivity index (χ2n) is 8.30. The largest absolute Gasteiger partial charge is 0.495 e. The third kappa shape index (κ3) is 2.85. The maximum absolute atomic E-state index is 13.6. The van der Waals surface area contributed by atoms with E-state index in [0.29, 0.717) is 12.1 Å². The van der Waals surface area contributed by atoms with Crippen molar-refractivity contribution in [2.45, 2.75) is 24.9 Å². The number of ketones is 1. The van der Waals surface area contributed by atoms with Gasteiger partial charge in [0.1, 0.15) is 11.4 Å². The molecule has 0 unspecified atom stereocenters. The number of hydrogen-bond donors (Lipinski definition) is 0. The van der Waals surface area contributed by atoms with Crippen molar-refractivity contribution >= 4 is 29.0 Å². The van der Waals surface area contributed by atoms with Crippen LogP contribution in [0.1, 0.15) is 23.2 Å². The second-order valence-corrected chi connectivity index (χ2v) is 8.30. The lowest BCUT2D eigenvalue weighted by molar-refractivity contribution is -0.384. The number of non-ortho nitro benzene ring substituents is 1. The van der Waals surface area contributed by atoms with Crippen LogP contribution >= 0.6 is 0 Å². The summed E-state index contributed by atoms with van der Waals surface area (Å²) in [6.07, 6.45) is 1.56. The number of nitro groups is 1. The molecule has 164 valence electrons. The summed E-state index contributed by atoms with van der Waals surface area (Å²) in [5.41, 5.74) is 0.287. The first-order valence-corrected chi connectivity index (χ1v) is 10.5. The fourth-order valence-corrected chi connectivity index (χ4v) is 5.49. The number of Topliss-reactive ketones (excluding diaryl/α,β-unsaturated/α-hetero) is 1. The molecule has 2 amide bonds. The van der Waals surface area contributed by atoms with Crippen LogP contribution in [0.25, 0.3) is 0 Å². The molecular formula is C23H21N3O6. The van der Waals surface area contributed by atoms with Crippen molar-refractivity contribution in [1.82, 2.24) is 4.90 Å². The van der Waals surface area contributed by atoms with Crippen molar-refractivity contribution in [2.75, 3.05) is 18.6 Å². The van der Waals surface area contributed by atoms with Crippen LogP contribution in [0.2, 0.25) is 0 Å². The molecule has 0 bridgehead atoms. The van der Waals surface area contributed by atoms with Gasteiger partial charge in [0.2, 0.25) is 11.8 Å². The van der Waals surface area contributed by atoms with Gasteiger partial charge in [-0.15, -0.1) is 0 Å². The summed E-state index contributed by atoms with van der Waals surface area (Å²) in [6.45, 7) is 0.654. The number of nitro benzene ring substituents is 1. The molecule has 2 aromatic carbocycles. The van der Waals surface area contributed by atoms with Crippen molar-refractivity contribution in [3.05, 3.63) is 64.2 Å². The molecule has 0 saturated carbocycles. The Hall–Kier alpha value is -3.59. The third-order valence-electron chi connectivity index (χ3n) is 6.79. The highest BCUT2D eigenvalue weighted by atomic mass is 16.6. The number of fused-ring (bicyclic) bond motifs is 3. The van der Waals surface area contributed by atoms with Crippen molar-refractivity contribution in [3.8, 4) is 5.75 Å². The molecule has 9 heteroatoms. The predicted molar refractivity (Wildman–Crippen MR) is 113 cm³/mol. The van der Waals surface area contributed by atoms with Crippen molar-refractivity contribution in [3.63, 3.8) is 0 Å². The number of benzene rings is 2. The van der Waals surface area contributed by atoms with Gasteiger partial charge in [-0.05, 0) is 25.5 Å². The fourth-order valence-electron chi connectivity index (χ4n) is 5.49. The van der Waals surface area contributed by atoms with E-state index < -0.39 is 34.6 Å². The molecule has 3 saturated heterocycles. The van der Waals surface area contributed by atoms with Gasteiger partial charge in [-0.2, -0.15) is 0 Å². The number of carbonyl (C=O) groups excluding carboxylic acids is 3. The van der Waals surface area contributed by atoms with Crippen LogP contribution in [0.3, 0.4) is 0 Å². The zero-order chi connectivity index (χ0) is 22.6. The number of carbonyl (C=O) groups is 3. The lowest BCUT2D eigenvalue weighted by atomic mass is 9.85. The molecule has 0 spiro atoms. The van der Waals surface area contributed by atoms with Gasteiger partial charge in [-0.1, -0.05) is 30.3 Å². The molecule has 0 aliphatic carbocycles. The first-order valence-electron chi connectivity index (χ1n) is 10.5. The normalized spacial score (nSPS) is 26.8. The minimum absolute atomic E-state index is 0.0431. The monoisotopic (exact) mass is 435 g/mol. The van der Waals surface area contributed by atoms with Gasteiger partial charge in [0, 0.05) is 23.7 Å². The predicted octanol–water partition coefficient (Wildman–Crippen LogP) is 2.44. The van der Waals surface area contributed by atoms with E-state index in [9.17, 15) is 24.5 Å². The van der Waals surface area contributed by atoms with E-state index in [0.717, 1.165) is 17.7 Å². The standard InChI is InChI=1S/C23H21N3O6/c1-32-17-10-9-14(26(30)31)12-16(17)25-22(28)18-15-8-5-11-24(15)20(19(18)23(25)29)21(27)13-6-3-2-4-7-13/h2-4,6-7,9-10,12,15,18-20H,5,8,11H2,1H3/t15-,18-,19-,20+/m1/s1. The molecule has 3 heterocycles. The van der Waals surface area contributed by atoms with Gasteiger partial charge >= 0.3 is 0 Å². The summed E-state index contributed by atoms with van der Waals surface area (Å²) in [6, 6.07) is 11.6. The van der Waals surface area contributed by atoms with Crippen LogP contribution in [0.5, 0.6) is 5.75 Å². The fraction of sp³-hybridized carbons (Fsp3) is 0.348. The molecule has 0 N–H and O–H groups in total. The second kappa shape index (κ2) is 7.52. The number of hydrogen-bond acceptors (Lipinski definition) is 7. The van der Waals surface area contributed by atoms with Crippen LogP contribution in [0.4, 0.5) is 11.4 Å². The van der Waals surface area contributed by atoms with Crippen molar-refractivity contribution in [2.24, 2.45) is 11.8 Å². The molecule has 4 atom stereocenters. The zero-order valence-electron chi connectivity index (χ0n) is 17.3. The Balaban J connectivity index is 1.59. The van der Waals surface area contributed by atoms with E-state index in [1.54, 1.807) is 24.3 Å². The number of rotatable bonds is 5. The van der Waals surface area contributed by atoms with Crippen molar-refractivity contribution in [1.29, 1.82) is 0 Å². The van der Waals surface area contributed by atoms with Gasteiger partial charge in [0.05, 0.1) is 29.9 Å². The number of amides is 2. The van der Waals surface area contributed by atoms with E-state index in [1.807, 2.05) is 11.0 Å². The van der Waals surface area contributed by atoms with Gasteiger partial charge in [0.25, 0.3) is 5.69 Å². The first-order chi connectivity index (χ1) is 15.4. The van der Waals surface area contributed by atoms with Crippen LogP contribution in [-0.2, 0) is 9.59 Å². The average molecular weight is 435 g/mol. The van der Waals surface area contributed by atoms with Crippen LogP contribution < -0.4 is 9.64 Å². The smallest absolute Gasteiger partial charge is 0.271 e. The average Bonchev–Trinajstić information content (AvgIpc) is 3.45. The molecule has 0 aromatic heterocycles. The minimum Gasteiger partial charge on any atom is -0.495 e. The number of anilines is 1. The SMILES string of the molecule is COc1ccc([N+](=O)[O-])cc1N1C(=O)[C@@H]2[C@H](C1=O)[C@H]1CCCN1[C@@H]2C(=O)c1ccccc1. The maximum atomic E-state index is 13.6. The highest BCUT2D eigenvalue weighted by molar-refractivity contribution is 6.25. The number of ether oxygens (including phenoxy) is 1. The summed E-state index contributed by atoms with van der Waals surface area (Å²) < 4.78 is 5.30. The first kappa shape index (κ1) is 20.3. The Morgan fingerprint density at radius 2 is 1.81 bits per heavy atom. The van der Waals surface area contributed by atoms with Crippen LogP contribution in [0, 0.1) is 22.0 Å². The Kier molecular flexibility index (Phi) is 4.78.